The van der Waals surface area contributed by atoms with Gasteiger partial charge in [0.1, 0.15) is 12.0 Å². The Morgan fingerprint density at radius 1 is 1.29 bits per heavy atom. The van der Waals surface area contributed by atoms with E-state index in [1.807, 2.05) is 35.2 Å². The van der Waals surface area contributed by atoms with E-state index in [0.717, 1.165) is 12.1 Å². The van der Waals surface area contributed by atoms with Gasteiger partial charge in [-0.25, -0.2) is 4.98 Å². The van der Waals surface area contributed by atoms with Crippen molar-refractivity contribution < 1.29 is 9.72 Å². The maximum Gasteiger partial charge on any atom is 0.287 e. The van der Waals surface area contributed by atoms with Crippen LogP contribution in [0.3, 0.4) is 0 Å². The molecule has 2 heterocycles. The Morgan fingerprint density at radius 2 is 2.04 bits per heavy atom. The number of pyridine rings is 1. The van der Waals surface area contributed by atoms with Crippen LogP contribution < -0.4 is 9.80 Å². The number of benzene rings is 1. The molecule has 124 valence electrons. The lowest BCUT2D eigenvalue weighted by atomic mass is 10.1. The fraction of sp³-hybridized carbons (Fsp3) is 0.294. The largest absolute Gasteiger partial charge is 0.356 e. The van der Waals surface area contributed by atoms with Crippen LogP contribution in [0.25, 0.3) is 0 Å². The van der Waals surface area contributed by atoms with Gasteiger partial charge in [-0.05, 0) is 24.6 Å². The number of para-hydroxylation sites is 1. The molecule has 0 bridgehead atoms. The van der Waals surface area contributed by atoms with Crippen LogP contribution >= 0.6 is 0 Å². The number of amides is 1. The first kappa shape index (κ1) is 15.9. The number of rotatable bonds is 4. The van der Waals surface area contributed by atoms with Crippen LogP contribution in [0.5, 0.6) is 0 Å². The van der Waals surface area contributed by atoms with E-state index in [0.29, 0.717) is 18.9 Å². The highest BCUT2D eigenvalue weighted by Crippen LogP contribution is 2.26. The molecule has 1 unspecified atom stereocenters. The molecule has 2 aromatic rings. The summed E-state index contributed by atoms with van der Waals surface area (Å²) in [4.78, 5) is 30.7. The molecule has 0 radical (unpaired) electrons. The number of aromatic nitrogens is 1. The second-order valence-corrected chi connectivity index (χ2v) is 5.80. The van der Waals surface area contributed by atoms with Crippen molar-refractivity contribution in [2.24, 2.45) is 5.92 Å². The van der Waals surface area contributed by atoms with E-state index in [4.69, 9.17) is 0 Å². The van der Waals surface area contributed by atoms with E-state index in [1.54, 1.807) is 18.0 Å². The molecule has 1 fully saturated rings. The monoisotopic (exact) mass is 326 g/mol. The van der Waals surface area contributed by atoms with Crippen LogP contribution in [0.1, 0.15) is 6.42 Å². The van der Waals surface area contributed by atoms with Crippen LogP contribution in [0.4, 0.5) is 17.2 Å². The van der Waals surface area contributed by atoms with E-state index in [9.17, 15) is 14.9 Å². The Hall–Kier alpha value is -2.96. The van der Waals surface area contributed by atoms with Gasteiger partial charge in [-0.3, -0.25) is 14.9 Å². The number of hydrogen-bond donors (Lipinski definition) is 0. The molecule has 0 N–H and O–H groups in total. The number of nitrogens with zero attached hydrogens (tertiary/aromatic N) is 4. The molecule has 24 heavy (non-hydrogen) atoms. The number of hydrogen-bond acceptors (Lipinski definition) is 5. The average molecular weight is 326 g/mol. The fourth-order valence-corrected chi connectivity index (χ4v) is 2.90. The molecule has 0 aliphatic carbocycles. The molecule has 1 atom stereocenters. The summed E-state index contributed by atoms with van der Waals surface area (Å²) in [6.07, 6.45) is 2.00. The Balaban J connectivity index is 1.66. The first-order valence-corrected chi connectivity index (χ1v) is 7.74. The zero-order chi connectivity index (χ0) is 17.1. The van der Waals surface area contributed by atoms with Gasteiger partial charge in [-0.15, -0.1) is 0 Å². The third-order valence-corrected chi connectivity index (χ3v) is 4.28. The topological polar surface area (TPSA) is 79.6 Å². The van der Waals surface area contributed by atoms with E-state index in [1.165, 1.54) is 12.3 Å². The minimum atomic E-state index is -0.470. The molecule has 0 saturated carbocycles. The smallest absolute Gasteiger partial charge is 0.287 e. The summed E-state index contributed by atoms with van der Waals surface area (Å²) >= 11 is 0. The van der Waals surface area contributed by atoms with Gasteiger partial charge in [-0.1, -0.05) is 18.2 Å². The molecule has 0 spiro atoms. The van der Waals surface area contributed by atoms with Crippen molar-refractivity contribution in [1.29, 1.82) is 0 Å². The van der Waals surface area contributed by atoms with Gasteiger partial charge in [-0.2, -0.15) is 0 Å². The quantitative estimate of drug-likeness (QED) is 0.637. The summed E-state index contributed by atoms with van der Waals surface area (Å²) in [5.41, 5.74) is 0.837. The van der Waals surface area contributed by atoms with Crippen LogP contribution in [0, 0.1) is 16.0 Å². The van der Waals surface area contributed by atoms with Gasteiger partial charge in [0.15, 0.2) is 0 Å². The van der Waals surface area contributed by atoms with E-state index < -0.39 is 4.92 Å². The van der Waals surface area contributed by atoms with Gasteiger partial charge in [0.2, 0.25) is 5.91 Å². The van der Waals surface area contributed by atoms with E-state index in [-0.39, 0.29) is 17.5 Å². The summed E-state index contributed by atoms with van der Waals surface area (Å²) in [6.45, 7) is 1.28. The lowest BCUT2D eigenvalue weighted by Gasteiger charge is -2.22. The number of carbonyl (C=O) groups is 1. The molecule has 7 heteroatoms. The summed E-state index contributed by atoms with van der Waals surface area (Å²) in [7, 11) is 1.78. The number of carbonyl (C=O) groups excluding carboxylic acids is 1. The second kappa shape index (κ2) is 6.66. The van der Waals surface area contributed by atoms with Crippen molar-refractivity contribution in [3.05, 3.63) is 58.8 Å². The van der Waals surface area contributed by atoms with Crippen molar-refractivity contribution in [3.63, 3.8) is 0 Å². The first-order chi connectivity index (χ1) is 11.6. The maximum atomic E-state index is 12.7. The van der Waals surface area contributed by atoms with E-state index >= 15 is 0 Å². The van der Waals surface area contributed by atoms with Crippen molar-refractivity contribution in [2.45, 2.75) is 6.42 Å². The molecule has 1 aliphatic rings. The molecule has 1 aromatic carbocycles. The third kappa shape index (κ3) is 3.19. The summed E-state index contributed by atoms with van der Waals surface area (Å²) in [5.74, 6) is 0.635. The normalized spacial score (nSPS) is 16.9. The lowest BCUT2D eigenvalue weighted by molar-refractivity contribution is -0.385. The number of nitro groups is 1. The molecule has 7 nitrogen and oxygen atoms in total. The zero-order valence-corrected chi connectivity index (χ0v) is 13.3. The molecule has 3 rings (SSSR count). The molecule has 1 aromatic heterocycles. The second-order valence-electron chi connectivity index (χ2n) is 5.80. The predicted molar refractivity (Wildman–Crippen MR) is 91.1 cm³/mol. The molecule has 1 amide bonds. The minimum Gasteiger partial charge on any atom is -0.356 e. The predicted octanol–water partition coefficient (Wildman–Crippen LogP) is 2.48. The van der Waals surface area contributed by atoms with Crippen molar-refractivity contribution in [1.82, 2.24) is 4.98 Å². The standard InChI is InChI=1S/C17H18N4O3/c1-19(14-5-3-2-4-6-14)17(22)13-9-10-20(12-13)16-8-7-15(11-18-16)21(23)24/h2-8,11,13H,9-10,12H2,1H3. The van der Waals surface area contributed by atoms with Crippen LogP contribution in [-0.2, 0) is 4.79 Å². The Bertz CT molecular complexity index is 733. The van der Waals surface area contributed by atoms with Gasteiger partial charge < -0.3 is 9.80 Å². The zero-order valence-electron chi connectivity index (χ0n) is 13.3. The Morgan fingerprint density at radius 3 is 2.67 bits per heavy atom. The van der Waals surface area contributed by atoms with Gasteiger partial charge in [0, 0.05) is 31.9 Å². The molecular weight excluding hydrogens is 308 g/mol. The van der Waals surface area contributed by atoms with E-state index in [2.05, 4.69) is 4.98 Å². The SMILES string of the molecule is CN(C(=O)C1CCN(c2ccc([N+](=O)[O-])cn2)C1)c1ccccc1. The van der Waals surface area contributed by atoms with Gasteiger partial charge in [0.05, 0.1) is 10.8 Å². The molecular formula is C17H18N4O3. The maximum absolute atomic E-state index is 12.7. The summed E-state index contributed by atoms with van der Waals surface area (Å²) in [6, 6.07) is 12.6. The minimum absolute atomic E-state index is 0.0330. The van der Waals surface area contributed by atoms with Crippen molar-refractivity contribution >= 4 is 23.1 Å². The third-order valence-electron chi connectivity index (χ3n) is 4.28. The Labute approximate surface area is 139 Å². The summed E-state index contributed by atoms with van der Waals surface area (Å²) < 4.78 is 0. The van der Waals surface area contributed by atoms with Crippen molar-refractivity contribution in [2.75, 3.05) is 29.9 Å². The van der Waals surface area contributed by atoms with Crippen LogP contribution in [-0.4, -0.2) is 36.0 Å². The highest BCUT2D eigenvalue weighted by molar-refractivity contribution is 5.95. The highest BCUT2D eigenvalue weighted by Gasteiger charge is 2.31. The summed E-state index contributed by atoms with van der Waals surface area (Å²) in [5, 5.41) is 10.7. The highest BCUT2D eigenvalue weighted by atomic mass is 16.6. The van der Waals surface area contributed by atoms with Gasteiger partial charge in [0.25, 0.3) is 5.69 Å². The molecule has 1 saturated heterocycles. The average Bonchev–Trinajstić information content (AvgIpc) is 3.11. The Kier molecular flexibility index (Phi) is 4.41. The van der Waals surface area contributed by atoms with Crippen LogP contribution in [0.2, 0.25) is 0 Å². The fourth-order valence-electron chi connectivity index (χ4n) is 2.90. The van der Waals surface area contributed by atoms with Gasteiger partial charge >= 0.3 is 0 Å². The van der Waals surface area contributed by atoms with Crippen molar-refractivity contribution in [3.8, 4) is 0 Å². The number of anilines is 2. The first-order valence-electron chi connectivity index (χ1n) is 7.74. The van der Waals surface area contributed by atoms with Crippen LogP contribution in [0.15, 0.2) is 48.7 Å². The molecule has 1 aliphatic heterocycles. The lowest BCUT2D eigenvalue weighted by Crippen LogP contribution is -2.34.